The van der Waals surface area contributed by atoms with Crippen molar-refractivity contribution in [1.82, 2.24) is 19.7 Å². The van der Waals surface area contributed by atoms with Crippen LogP contribution in [0, 0.1) is 6.92 Å². The molecule has 1 N–H and O–H groups in total. The molecule has 3 rings (SSSR count). The zero-order valence-electron chi connectivity index (χ0n) is 15.9. The van der Waals surface area contributed by atoms with Crippen molar-refractivity contribution in [3.63, 3.8) is 0 Å². The van der Waals surface area contributed by atoms with Gasteiger partial charge in [0.2, 0.25) is 5.91 Å². The first-order valence-corrected chi connectivity index (χ1v) is 8.77. The number of hydrogen-bond donors (Lipinski definition) is 1. The van der Waals surface area contributed by atoms with Crippen molar-refractivity contribution < 1.29 is 18.0 Å². The molecule has 0 aliphatic heterocycles. The Bertz CT molecular complexity index is 1140. The summed E-state index contributed by atoms with van der Waals surface area (Å²) in [6.45, 7) is 4.82. The highest BCUT2D eigenvalue weighted by molar-refractivity contribution is 5.90. The fraction of sp³-hybridized carbons (Fsp3) is 0.316. The van der Waals surface area contributed by atoms with Crippen LogP contribution in [-0.4, -0.2) is 25.7 Å². The number of hydrogen-bond acceptors (Lipinski definition) is 5. The summed E-state index contributed by atoms with van der Waals surface area (Å²) in [4.78, 5) is 32.7. The third-order valence-corrected chi connectivity index (χ3v) is 4.14. The zero-order chi connectivity index (χ0) is 21.3. The van der Waals surface area contributed by atoms with Gasteiger partial charge in [0.1, 0.15) is 17.8 Å². The lowest BCUT2D eigenvalue weighted by Gasteiger charge is -2.14. The minimum Gasteiger partial charge on any atom is -0.324 e. The molecule has 0 unspecified atom stereocenters. The van der Waals surface area contributed by atoms with E-state index < -0.39 is 29.9 Å². The number of fused-ring (bicyclic) bond motifs is 1. The molecule has 0 atom stereocenters. The Morgan fingerprint density at radius 2 is 1.97 bits per heavy atom. The number of amides is 1. The molecule has 0 spiro atoms. The summed E-state index contributed by atoms with van der Waals surface area (Å²) in [5, 5.41) is 6.74. The number of anilines is 1. The van der Waals surface area contributed by atoms with Crippen LogP contribution in [0.15, 0.2) is 35.3 Å². The van der Waals surface area contributed by atoms with E-state index in [1.807, 2.05) is 0 Å². The van der Waals surface area contributed by atoms with Crippen LogP contribution in [-0.2, 0) is 17.5 Å². The standard InChI is InChI=1S/C19H18F3N5O2/c1-10(2)16-17-13(4-5-14(25-17)19(20,21)22)18(29)27(26-16)9-15(28)24-12-6-7-23-11(3)8-12/h4-8,10H,9H2,1-3H3,(H,23,24,28). The molecule has 10 heteroatoms. The SMILES string of the molecule is Cc1cc(NC(=O)Cn2nc(C(C)C)c3nc(C(F)(F)F)ccc3c2=O)ccn1. The normalized spacial score (nSPS) is 11.8. The van der Waals surface area contributed by atoms with Crippen LogP contribution in [0.5, 0.6) is 0 Å². The summed E-state index contributed by atoms with van der Waals surface area (Å²) in [6, 6.07) is 5.08. The average Bonchev–Trinajstić information content (AvgIpc) is 2.62. The van der Waals surface area contributed by atoms with Crippen molar-refractivity contribution in [2.75, 3.05) is 5.32 Å². The quantitative estimate of drug-likeness (QED) is 0.720. The van der Waals surface area contributed by atoms with Crippen molar-refractivity contribution in [1.29, 1.82) is 0 Å². The van der Waals surface area contributed by atoms with Gasteiger partial charge in [-0.1, -0.05) is 13.8 Å². The van der Waals surface area contributed by atoms with E-state index in [-0.39, 0.29) is 22.5 Å². The lowest BCUT2D eigenvalue weighted by molar-refractivity contribution is -0.141. The largest absolute Gasteiger partial charge is 0.433 e. The second kappa shape index (κ2) is 7.61. The van der Waals surface area contributed by atoms with Gasteiger partial charge in [-0.3, -0.25) is 14.6 Å². The van der Waals surface area contributed by atoms with Gasteiger partial charge in [-0.25, -0.2) is 9.67 Å². The highest BCUT2D eigenvalue weighted by Crippen LogP contribution is 2.29. The number of halogens is 3. The van der Waals surface area contributed by atoms with Crippen LogP contribution >= 0.6 is 0 Å². The van der Waals surface area contributed by atoms with Crippen LogP contribution in [0.2, 0.25) is 0 Å². The Kier molecular flexibility index (Phi) is 5.36. The van der Waals surface area contributed by atoms with Crippen LogP contribution in [0.25, 0.3) is 10.9 Å². The van der Waals surface area contributed by atoms with Crippen molar-refractivity contribution in [3.8, 4) is 0 Å². The molecule has 0 aliphatic rings. The van der Waals surface area contributed by atoms with Crippen LogP contribution in [0.4, 0.5) is 18.9 Å². The van der Waals surface area contributed by atoms with E-state index >= 15 is 0 Å². The topological polar surface area (TPSA) is 89.8 Å². The molecule has 0 saturated carbocycles. The number of alkyl halides is 3. The minimum atomic E-state index is -4.64. The van der Waals surface area contributed by atoms with E-state index in [0.717, 1.165) is 16.8 Å². The first-order chi connectivity index (χ1) is 13.6. The van der Waals surface area contributed by atoms with Crippen LogP contribution < -0.4 is 10.9 Å². The second-order valence-electron chi connectivity index (χ2n) is 6.83. The molecule has 3 heterocycles. The molecule has 0 aliphatic carbocycles. The number of aryl methyl sites for hydroxylation is 1. The number of nitrogens with one attached hydrogen (secondary N) is 1. The van der Waals surface area contributed by atoms with E-state index in [1.54, 1.807) is 32.9 Å². The number of nitrogens with zero attached hydrogens (tertiary/aromatic N) is 4. The van der Waals surface area contributed by atoms with E-state index in [2.05, 4.69) is 20.4 Å². The Labute approximate surface area is 163 Å². The molecular weight excluding hydrogens is 387 g/mol. The maximum Gasteiger partial charge on any atom is 0.433 e. The monoisotopic (exact) mass is 405 g/mol. The van der Waals surface area contributed by atoms with Gasteiger partial charge < -0.3 is 5.32 Å². The number of aromatic nitrogens is 4. The first kappa shape index (κ1) is 20.4. The predicted octanol–water partition coefficient (Wildman–Crippen LogP) is 3.28. The number of carbonyl (C=O) groups excluding carboxylic acids is 1. The van der Waals surface area contributed by atoms with Gasteiger partial charge in [0.05, 0.1) is 11.1 Å². The highest BCUT2D eigenvalue weighted by Gasteiger charge is 2.33. The summed E-state index contributed by atoms with van der Waals surface area (Å²) >= 11 is 0. The van der Waals surface area contributed by atoms with E-state index in [0.29, 0.717) is 11.4 Å². The maximum absolute atomic E-state index is 13.0. The summed E-state index contributed by atoms with van der Waals surface area (Å²) in [6.07, 6.45) is -3.11. The number of pyridine rings is 2. The van der Waals surface area contributed by atoms with Crippen molar-refractivity contribution in [2.45, 2.75) is 39.4 Å². The summed E-state index contributed by atoms with van der Waals surface area (Å²) in [7, 11) is 0. The van der Waals surface area contributed by atoms with E-state index in [4.69, 9.17) is 0 Å². The minimum absolute atomic E-state index is 0.0238. The highest BCUT2D eigenvalue weighted by atomic mass is 19.4. The molecule has 0 radical (unpaired) electrons. The van der Waals surface area contributed by atoms with Crippen LogP contribution in [0.3, 0.4) is 0 Å². The Morgan fingerprint density at radius 3 is 2.59 bits per heavy atom. The zero-order valence-corrected chi connectivity index (χ0v) is 15.9. The summed E-state index contributed by atoms with van der Waals surface area (Å²) < 4.78 is 40.0. The molecular formula is C19H18F3N5O2. The van der Waals surface area contributed by atoms with Gasteiger partial charge in [0.25, 0.3) is 5.56 Å². The number of carbonyl (C=O) groups is 1. The fourth-order valence-corrected chi connectivity index (χ4v) is 2.80. The molecule has 0 bridgehead atoms. The summed E-state index contributed by atoms with van der Waals surface area (Å²) in [5.74, 6) is -0.814. The Hall–Kier alpha value is -3.30. The van der Waals surface area contributed by atoms with Gasteiger partial charge in [0, 0.05) is 17.6 Å². The molecule has 3 aromatic heterocycles. The second-order valence-corrected chi connectivity index (χ2v) is 6.83. The summed E-state index contributed by atoms with van der Waals surface area (Å²) in [5.41, 5.74) is -0.475. The number of rotatable bonds is 4. The van der Waals surface area contributed by atoms with Gasteiger partial charge in [-0.15, -0.1) is 0 Å². The van der Waals surface area contributed by atoms with Gasteiger partial charge in [0.15, 0.2) is 0 Å². The van der Waals surface area contributed by atoms with E-state index in [9.17, 15) is 22.8 Å². The van der Waals surface area contributed by atoms with E-state index in [1.165, 1.54) is 6.20 Å². The Balaban J connectivity index is 2.01. The third-order valence-electron chi connectivity index (χ3n) is 4.14. The maximum atomic E-state index is 13.0. The molecule has 29 heavy (non-hydrogen) atoms. The Morgan fingerprint density at radius 1 is 1.24 bits per heavy atom. The third kappa shape index (κ3) is 4.41. The molecule has 0 saturated heterocycles. The molecule has 3 aromatic rings. The van der Waals surface area contributed by atoms with Gasteiger partial charge in [-0.2, -0.15) is 18.3 Å². The lowest BCUT2D eigenvalue weighted by Crippen LogP contribution is -2.31. The molecule has 152 valence electrons. The molecule has 0 fully saturated rings. The van der Waals surface area contributed by atoms with Crippen molar-refractivity contribution >= 4 is 22.5 Å². The molecule has 7 nitrogen and oxygen atoms in total. The first-order valence-electron chi connectivity index (χ1n) is 8.77. The molecule has 1 amide bonds. The average molecular weight is 405 g/mol. The smallest absolute Gasteiger partial charge is 0.324 e. The van der Waals surface area contributed by atoms with Gasteiger partial charge in [-0.05, 0) is 37.1 Å². The van der Waals surface area contributed by atoms with Gasteiger partial charge >= 0.3 is 6.18 Å². The van der Waals surface area contributed by atoms with Crippen LogP contribution in [0.1, 0.15) is 36.8 Å². The molecule has 0 aromatic carbocycles. The predicted molar refractivity (Wildman–Crippen MR) is 100 cm³/mol. The lowest BCUT2D eigenvalue weighted by atomic mass is 10.1. The van der Waals surface area contributed by atoms with Crippen molar-refractivity contribution in [2.24, 2.45) is 0 Å². The fourth-order valence-electron chi connectivity index (χ4n) is 2.80. The van der Waals surface area contributed by atoms with Crippen molar-refractivity contribution in [3.05, 3.63) is 57.9 Å².